The molecule has 5 nitrogen and oxygen atoms in total. The van der Waals surface area contributed by atoms with E-state index in [9.17, 15) is 0 Å². The monoisotopic (exact) mass is 238 g/mol. The van der Waals surface area contributed by atoms with E-state index in [0.29, 0.717) is 6.10 Å². The summed E-state index contributed by atoms with van der Waals surface area (Å²) in [7, 11) is 5.18. The molecule has 0 radical (unpaired) electrons. The Morgan fingerprint density at radius 2 is 1.82 bits per heavy atom. The zero-order valence-electron chi connectivity index (χ0n) is 10.4. The summed E-state index contributed by atoms with van der Waals surface area (Å²) < 4.78 is 5.24. The largest absolute Gasteiger partial charge is 0.371 e. The van der Waals surface area contributed by atoms with Crippen LogP contribution in [0.2, 0.25) is 0 Å². The molecule has 0 spiro atoms. The van der Waals surface area contributed by atoms with Gasteiger partial charge in [-0.1, -0.05) is 12.1 Å². The molecule has 0 bridgehead atoms. The van der Waals surface area contributed by atoms with Crippen molar-refractivity contribution in [2.24, 2.45) is 0 Å². The van der Waals surface area contributed by atoms with Crippen molar-refractivity contribution in [1.29, 1.82) is 0 Å². The van der Waals surface area contributed by atoms with Crippen molar-refractivity contribution in [2.75, 3.05) is 44.5 Å². The van der Waals surface area contributed by atoms with Gasteiger partial charge in [0.2, 0.25) is 0 Å². The number of epoxide rings is 1. The van der Waals surface area contributed by atoms with E-state index in [1.807, 2.05) is 31.3 Å². The minimum atomic E-state index is 0.353. The van der Waals surface area contributed by atoms with Gasteiger partial charge in [-0.15, -0.1) is 5.23 Å². The van der Waals surface area contributed by atoms with Crippen LogP contribution in [-0.4, -0.2) is 40.5 Å². The summed E-state index contributed by atoms with van der Waals surface area (Å²) in [5.41, 5.74) is 1.92. The van der Waals surface area contributed by atoms with Gasteiger partial charge < -0.3 is 9.64 Å². The highest BCUT2D eigenvalue weighted by atomic mass is 16.9. The first-order valence-corrected chi connectivity index (χ1v) is 5.56. The smallest absolute Gasteiger partial charge is 0.118 e. The second kappa shape index (κ2) is 5.35. The Labute approximate surface area is 101 Å². The molecule has 1 saturated heterocycles. The van der Waals surface area contributed by atoms with E-state index in [2.05, 4.69) is 4.90 Å². The Morgan fingerprint density at radius 1 is 1.24 bits per heavy atom. The van der Waals surface area contributed by atoms with Crippen LogP contribution in [0.5, 0.6) is 0 Å². The molecule has 1 fully saturated rings. The van der Waals surface area contributed by atoms with Gasteiger partial charge in [0, 0.05) is 13.6 Å². The highest BCUT2D eigenvalue weighted by molar-refractivity contribution is 5.69. The van der Waals surface area contributed by atoms with Crippen LogP contribution in [0, 0.1) is 0 Å². The van der Waals surface area contributed by atoms with E-state index in [1.165, 1.54) is 5.23 Å². The van der Waals surface area contributed by atoms with Gasteiger partial charge in [0.1, 0.15) is 5.69 Å². The van der Waals surface area contributed by atoms with Gasteiger partial charge in [0.25, 0.3) is 0 Å². The highest BCUT2D eigenvalue weighted by Crippen LogP contribution is 2.29. The zero-order valence-corrected chi connectivity index (χ0v) is 10.4. The number of benzene rings is 1. The summed E-state index contributed by atoms with van der Waals surface area (Å²) in [5.74, 6) is 0. The van der Waals surface area contributed by atoms with Gasteiger partial charge in [0.05, 0.1) is 32.6 Å². The molecule has 0 saturated carbocycles. The lowest BCUT2D eigenvalue weighted by Crippen LogP contribution is -2.27. The van der Waals surface area contributed by atoms with Crippen LogP contribution in [0.15, 0.2) is 24.3 Å². The number of rotatable bonds is 6. The third-order valence-corrected chi connectivity index (χ3v) is 2.70. The minimum Gasteiger partial charge on any atom is -0.371 e. The third-order valence-electron chi connectivity index (χ3n) is 2.70. The van der Waals surface area contributed by atoms with E-state index < -0.39 is 0 Å². The van der Waals surface area contributed by atoms with Gasteiger partial charge in [0.15, 0.2) is 0 Å². The van der Waals surface area contributed by atoms with Crippen LogP contribution in [0.1, 0.15) is 0 Å². The van der Waals surface area contributed by atoms with Crippen LogP contribution in [-0.2, 0) is 14.4 Å². The van der Waals surface area contributed by atoms with Crippen LogP contribution in [0.3, 0.4) is 0 Å². The Balaban J connectivity index is 2.18. The first-order valence-electron chi connectivity index (χ1n) is 5.56. The fourth-order valence-electron chi connectivity index (χ4n) is 1.79. The molecule has 0 amide bonds. The molecule has 1 aliphatic rings. The lowest BCUT2D eigenvalue weighted by atomic mass is 10.2. The Bertz CT molecular complexity index is 365. The van der Waals surface area contributed by atoms with Crippen LogP contribution in [0.25, 0.3) is 0 Å². The van der Waals surface area contributed by atoms with Gasteiger partial charge >= 0.3 is 0 Å². The standard InChI is InChI=1S/C12H18N2O3/c1-13(8-10-9-17-10)11-6-4-5-7-12(11)14(15-2)16-3/h4-7,10H,8-9H2,1-3H3. The Kier molecular flexibility index (Phi) is 3.83. The summed E-state index contributed by atoms with van der Waals surface area (Å²) in [4.78, 5) is 12.4. The Morgan fingerprint density at radius 3 is 2.35 bits per heavy atom. The van der Waals surface area contributed by atoms with E-state index in [-0.39, 0.29) is 0 Å². The number of ether oxygens (including phenoxy) is 1. The van der Waals surface area contributed by atoms with Crippen molar-refractivity contribution in [1.82, 2.24) is 0 Å². The van der Waals surface area contributed by atoms with E-state index in [4.69, 9.17) is 14.4 Å². The third kappa shape index (κ3) is 2.88. The SMILES string of the molecule is CON(OC)c1ccccc1N(C)CC1CO1. The molecule has 1 aromatic carbocycles. The molecule has 0 aliphatic carbocycles. The van der Waals surface area contributed by atoms with Gasteiger partial charge in [-0.25, -0.2) is 0 Å². The topological polar surface area (TPSA) is 37.5 Å². The molecular weight excluding hydrogens is 220 g/mol. The second-order valence-electron chi connectivity index (χ2n) is 3.95. The van der Waals surface area contributed by atoms with Gasteiger partial charge in [-0.3, -0.25) is 9.68 Å². The lowest BCUT2D eigenvalue weighted by Gasteiger charge is -2.26. The van der Waals surface area contributed by atoms with E-state index in [0.717, 1.165) is 24.5 Å². The minimum absolute atomic E-state index is 0.353. The molecule has 2 rings (SSSR count). The van der Waals surface area contributed by atoms with E-state index in [1.54, 1.807) is 14.2 Å². The fourth-order valence-corrected chi connectivity index (χ4v) is 1.79. The van der Waals surface area contributed by atoms with Crippen LogP contribution >= 0.6 is 0 Å². The van der Waals surface area contributed by atoms with Crippen LogP contribution < -0.4 is 10.1 Å². The normalized spacial score (nSPS) is 17.9. The van der Waals surface area contributed by atoms with Crippen molar-refractivity contribution < 1.29 is 14.4 Å². The highest BCUT2D eigenvalue weighted by Gasteiger charge is 2.25. The predicted molar refractivity (Wildman–Crippen MR) is 65.9 cm³/mol. The maximum Gasteiger partial charge on any atom is 0.118 e. The summed E-state index contributed by atoms with van der Waals surface area (Å²) in [5, 5.41) is 1.39. The molecule has 1 heterocycles. The lowest BCUT2D eigenvalue weighted by molar-refractivity contribution is -0.0430. The molecule has 94 valence electrons. The Hall–Kier alpha value is -1.30. The number of nitrogens with zero attached hydrogens (tertiary/aromatic N) is 2. The molecule has 0 N–H and O–H groups in total. The number of para-hydroxylation sites is 2. The summed E-state index contributed by atoms with van der Waals surface area (Å²) in [6, 6.07) is 7.92. The molecule has 5 heteroatoms. The van der Waals surface area contributed by atoms with Crippen LogP contribution in [0.4, 0.5) is 11.4 Å². The van der Waals surface area contributed by atoms with Gasteiger partial charge in [-0.2, -0.15) is 0 Å². The van der Waals surface area contributed by atoms with E-state index >= 15 is 0 Å². The van der Waals surface area contributed by atoms with Crippen molar-refractivity contribution in [3.05, 3.63) is 24.3 Å². The molecule has 17 heavy (non-hydrogen) atoms. The van der Waals surface area contributed by atoms with Crippen molar-refractivity contribution >= 4 is 11.4 Å². The average Bonchev–Trinajstić information content (AvgIpc) is 3.15. The molecular formula is C12H18N2O3. The number of hydrogen-bond donors (Lipinski definition) is 0. The maximum absolute atomic E-state index is 5.24. The first kappa shape index (κ1) is 12.2. The molecule has 1 aliphatic heterocycles. The van der Waals surface area contributed by atoms with Crippen molar-refractivity contribution in [2.45, 2.75) is 6.10 Å². The van der Waals surface area contributed by atoms with Crippen molar-refractivity contribution in [3.63, 3.8) is 0 Å². The molecule has 1 unspecified atom stereocenters. The molecule has 0 aromatic heterocycles. The average molecular weight is 238 g/mol. The first-order chi connectivity index (χ1) is 8.26. The summed E-state index contributed by atoms with van der Waals surface area (Å²) in [6.07, 6.45) is 0.353. The fraction of sp³-hybridized carbons (Fsp3) is 0.500. The van der Waals surface area contributed by atoms with Crippen molar-refractivity contribution in [3.8, 4) is 0 Å². The zero-order chi connectivity index (χ0) is 12.3. The summed E-state index contributed by atoms with van der Waals surface area (Å²) >= 11 is 0. The van der Waals surface area contributed by atoms with Gasteiger partial charge in [-0.05, 0) is 12.1 Å². The quantitative estimate of drug-likeness (QED) is 0.554. The molecule has 1 aromatic rings. The second-order valence-corrected chi connectivity index (χ2v) is 3.95. The summed E-state index contributed by atoms with van der Waals surface area (Å²) in [6.45, 7) is 1.73. The number of likely N-dealkylation sites (N-methyl/N-ethyl adjacent to an activating group) is 1. The number of anilines is 2. The predicted octanol–water partition coefficient (Wildman–Crippen LogP) is 1.45. The molecule has 1 atom stereocenters. The maximum atomic E-state index is 5.24. The number of hydrogen-bond acceptors (Lipinski definition) is 5.